The number of methoxy groups -OCH3 is 1. The lowest BCUT2D eigenvalue weighted by Crippen LogP contribution is -2.27. The van der Waals surface area contributed by atoms with Gasteiger partial charge in [0.25, 0.3) is 5.91 Å². The molecular weight excluding hydrogens is 316 g/mol. The maximum Gasteiger partial charge on any atom is 0.347 e. The van der Waals surface area contributed by atoms with Crippen molar-refractivity contribution in [2.45, 2.75) is 26.8 Å². The number of aromatic nitrogens is 1. The number of hydrogen-bond acceptors (Lipinski definition) is 5. The standard InChI is InChI=1S/C16H18N2O4S/c1-8-7-11(22-4)5-6-12(8)14(19)17-10(3)15-18-9(2)13(23-15)16(20)21/h5-7,10H,1-4H3,(H,17,19)(H,20,21). The normalized spacial score (nSPS) is 11.8. The van der Waals surface area contributed by atoms with Gasteiger partial charge >= 0.3 is 5.97 Å². The van der Waals surface area contributed by atoms with Gasteiger partial charge in [0.2, 0.25) is 0 Å². The van der Waals surface area contributed by atoms with Gasteiger partial charge in [0, 0.05) is 5.56 Å². The van der Waals surface area contributed by atoms with Crippen LogP contribution in [0.1, 0.15) is 49.3 Å². The molecule has 0 saturated carbocycles. The fourth-order valence-electron chi connectivity index (χ4n) is 2.15. The average Bonchev–Trinajstić information content (AvgIpc) is 2.89. The van der Waals surface area contributed by atoms with E-state index in [-0.39, 0.29) is 16.8 Å². The molecule has 1 heterocycles. The van der Waals surface area contributed by atoms with Gasteiger partial charge in [-0.25, -0.2) is 9.78 Å². The molecule has 2 rings (SSSR count). The summed E-state index contributed by atoms with van der Waals surface area (Å²) >= 11 is 1.08. The van der Waals surface area contributed by atoms with Crippen LogP contribution in [0, 0.1) is 13.8 Å². The topological polar surface area (TPSA) is 88.5 Å². The van der Waals surface area contributed by atoms with Gasteiger partial charge in [0.1, 0.15) is 15.6 Å². The minimum atomic E-state index is -1.00. The molecule has 23 heavy (non-hydrogen) atoms. The van der Waals surface area contributed by atoms with Crippen molar-refractivity contribution in [1.82, 2.24) is 10.3 Å². The number of hydrogen-bond donors (Lipinski definition) is 2. The Morgan fingerprint density at radius 3 is 2.57 bits per heavy atom. The van der Waals surface area contributed by atoms with E-state index in [4.69, 9.17) is 9.84 Å². The first-order valence-corrected chi connectivity index (χ1v) is 7.81. The first-order chi connectivity index (χ1) is 10.8. The molecule has 6 nitrogen and oxygen atoms in total. The van der Waals surface area contributed by atoms with E-state index in [0.717, 1.165) is 16.9 Å². The molecule has 1 aromatic heterocycles. The van der Waals surface area contributed by atoms with E-state index < -0.39 is 5.97 Å². The summed E-state index contributed by atoms with van der Waals surface area (Å²) in [4.78, 5) is 27.9. The summed E-state index contributed by atoms with van der Waals surface area (Å²) in [6, 6.07) is 4.84. The van der Waals surface area contributed by atoms with Gasteiger partial charge in [-0.05, 0) is 44.5 Å². The largest absolute Gasteiger partial charge is 0.497 e. The Morgan fingerprint density at radius 1 is 1.35 bits per heavy atom. The van der Waals surface area contributed by atoms with E-state index in [2.05, 4.69) is 10.3 Å². The van der Waals surface area contributed by atoms with Crippen LogP contribution in [0.3, 0.4) is 0 Å². The Morgan fingerprint density at radius 2 is 2.04 bits per heavy atom. The second kappa shape index (κ2) is 6.78. The first kappa shape index (κ1) is 17.0. The Labute approximate surface area is 138 Å². The molecular formula is C16H18N2O4S. The highest BCUT2D eigenvalue weighted by Gasteiger charge is 2.20. The summed E-state index contributed by atoms with van der Waals surface area (Å²) in [6.45, 7) is 5.25. The number of carbonyl (C=O) groups excluding carboxylic acids is 1. The molecule has 1 atom stereocenters. The molecule has 0 bridgehead atoms. The third kappa shape index (κ3) is 3.68. The summed E-state index contributed by atoms with van der Waals surface area (Å²) in [7, 11) is 1.57. The van der Waals surface area contributed by atoms with Gasteiger partial charge in [0.05, 0.1) is 18.8 Å². The third-order valence-corrected chi connectivity index (χ3v) is 4.73. The summed E-state index contributed by atoms with van der Waals surface area (Å²) in [5.41, 5.74) is 1.80. The predicted octanol–water partition coefficient (Wildman–Crippen LogP) is 2.96. The Bertz CT molecular complexity index is 755. The van der Waals surface area contributed by atoms with Crippen LogP contribution in [-0.2, 0) is 0 Å². The highest BCUT2D eigenvalue weighted by Crippen LogP contribution is 2.24. The number of nitrogens with zero attached hydrogens (tertiary/aromatic N) is 1. The second-order valence-electron chi connectivity index (χ2n) is 5.15. The lowest BCUT2D eigenvalue weighted by atomic mass is 10.1. The van der Waals surface area contributed by atoms with E-state index in [0.29, 0.717) is 22.0 Å². The highest BCUT2D eigenvalue weighted by atomic mass is 32.1. The molecule has 2 N–H and O–H groups in total. The molecule has 0 saturated heterocycles. The maximum absolute atomic E-state index is 12.4. The van der Waals surface area contributed by atoms with Gasteiger partial charge < -0.3 is 15.2 Å². The number of carbonyl (C=O) groups is 2. The Balaban J connectivity index is 2.16. The number of thiazole rings is 1. The van der Waals surface area contributed by atoms with Crippen LogP contribution in [0.5, 0.6) is 5.75 Å². The fraction of sp³-hybridized carbons (Fsp3) is 0.312. The number of carboxylic acid groups (broad SMARTS) is 1. The summed E-state index contributed by atoms with van der Waals surface area (Å²) < 4.78 is 5.12. The average molecular weight is 334 g/mol. The predicted molar refractivity (Wildman–Crippen MR) is 87.4 cm³/mol. The minimum Gasteiger partial charge on any atom is -0.497 e. The number of benzene rings is 1. The quantitative estimate of drug-likeness (QED) is 0.877. The van der Waals surface area contributed by atoms with Crippen molar-refractivity contribution in [2.75, 3.05) is 7.11 Å². The lowest BCUT2D eigenvalue weighted by molar-refractivity contribution is 0.0701. The molecule has 0 radical (unpaired) electrons. The molecule has 7 heteroatoms. The van der Waals surface area contributed by atoms with Crippen molar-refractivity contribution in [1.29, 1.82) is 0 Å². The van der Waals surface area contributed by atoms with E-state index in [1.165, 1.54) is 0 Å². The van der Waals surface area contributed by atoms with Gasteiger partial charge in [-0.1, -0.05) is 0 Å². The zero-order valence-corrected chi connectivity index (χ0v) is 14.2. The summed E-state index contributed by atoms with van der Waals surface area (Å²) in [6.07, 6.45) is 0. The van der Waals surface area contributed by atoms with Gasteiger partial charge in [-0.3, -0.25) is 4.79 Å². The van der Waals surface area contributed by atoms with Crippen LogP contribution in [0.4, 0.5) is 0 Å². The molecule has 2 aromatic rings. The number of nitrogens with one attached hydrogen (secondary N) is 1. The SMILES string of the molecule is COc1ccc(C(=O)NC(C)c2nc(C)c(C(=O)O)s2)c(C)c1. The third-order valence-electron chi connectivity index (χ3n) is 3.40. The Hall–Kier alpha value is -2.41. The molecule has 1 unspecified atom stereocenters. The lowest BCUT2D eigenvalue weighted by Gasteiger charge is -2.13. The molecule has 1 aromatic carbocycles. The van der Waals surface area contributed by atoms with Crippen molar-refractivity contribution < 1.29 is 19.4 Å². The molecule has 0 aliphatic heterocycles. The van der Waals surface area contributed by atoms with Gasteiger partial charge in [-0.15, -0.1) is 11.3 Å². The van der Waals surface area contributed by atoms with E-state index in [9.17, 15) is 9.59 Å². The number of ether oxygens (including phenoxy) is 1. The van der Waals surface area contributed by atoms with E-state index >= 15 is 0 Å². The summed E-state index contributed by atoms with van der Waals surface area (Å²) in [5, 5.41) is 12.5. The fourth-order valence-corrected chi connectivity index (χ4v) is 3.06. The van der Waals surface area contributed by atoms with Crippen LogP contribution in [-0.4, -0.2) is 29.1 Å². The zero-order valence-electron chi connectivity index (χ0n) is 13.3. The van der Waals surface area contributed by atoms with E-state index in [1.807, 2.05) is 6.92 Å². The highest BCUT2D eigenvalue weighted by molar-refractivity contribution is 7.13. The summed E-state index contributed by atoms with van der Waals surface area (Å²) in [5.74, 6) is -0.549. The number of amides is 1. The molecule has 0 aliphatic rings. The van der Waals surface area contributed by atoms with Gasteiger partial charge in [-0.2, -0.15) is 0 Å². The second-order valence-corrected chi connectivity index (χ2v) is 6.18. The van der Waals surface area contributed by atoms with Crippen molar-refractivity contribution in [3.05, 3.63) is 44.9 Å². The number of carboxylic acids is 1. The van der Waals surface area contributed by atoms with E-state index in [1.54, 1.807) is 39.2 Å². The van der Waals surface area contributed by atoms with Gasteiger partial charge in [0.15, 0.2) is 0 Å². The molecule has 0 spiro atoms. The number of aromatic carboxylic acids is 1. The van der Waals surface area contributed by atoms with Crippen LogP contribution >= 0.6 is 11.3 Å². The van der Waals surface area contributed by atoms with Crippen molar-refractivity contribution in [3.8, 4) is 5.75 Å². The Kier molecular flexibility index (Phi) is 5.00. The smallest absolute Gasteiger partial charge is 0.347 e. The van der Waals surface area contributed by atoms with Crippen molar-refractivity contribution in [2.24, 2.45) is 0 Å². The van der Waals surface area contributed by atoms with Crippen LogP contribution in [0.2, 0.25) is 0 Å². The maximum atomic E-state index is 12.4. The van der Waals surface area contributed by atoms with Crippen LogP contribution < -0.4 is 10.1 Å². The monoisotopic (exact) mass is 334 g/mol. The first-order valence-electron chi connectivity index (χ1n) is 6.99. The van der Waals surface area contributed by atoms with Crippen molar-refractivity contribution >= 4 is 23.2 Å². The van der Waals surface area contributed by atoms with Crippen LogP contribution in [0.25, 0.3) is 0 Å². The molecule has 0 aliphatic carbocycles. The van der Waals surface area contributed by atoms with Crippen LogP contribution in [0.15, 0.2) is 18.2 Å². The molecule has 1 amide bonds. The zero-order chi connectivity index (χ0) is 17.1. The molecule has 0 fully saturated rings. The minimum absolute atomic E-state index is 0.196. The molecule has 122 valence electrons. The number of aryl methyl sites for hydroxylation is 2. The van der Waals surface area contributed by atoms with Crippen molar-refractivity contribution in [3.63, 3.8) is 0 Å². The number of rotatable bonds is 5.